The van der Waals surface area contributed by atoms with E-state index in [-0.39, 0.29) is 46.3 Å². The maximum absolute atomic E-state index is 14.1. The quantitative estimate of drug-likeness (QED) is 0.0537. The molecule has 1 aliphatic carbocycles. The summed E-state index contributed by atoms with van der Waals surface area (Å²) >= 11 is 0. The molecule has 370 valence electrons. The van der Waals surface area contributed by atoms with E-state index in [0.717, 1.165) is 18.2 Å². The number of methoxy groups -OCH3 is 2. The van der Waals surface area contributed by atoms with Crippen LogP contribution in [0, 0.1) is 5.92 Å². The number of carbonyl (C=O) groups is 1. The van der Waals surface area contributed by atoms with E-state index in [1.165, 1.54) is 63.6 Å². The van der Waals surface area contributed by atoms with E-state index in [0.29, 0.717) is 5.56 Å². The number of hydrogen-bond acceptors (Lipinski definition) is 23. The summed E-state index contributed by atoms with van der Waals surface area (Å²) < 4.78 is 51.4. The Balaban J connectivity index is 1.17. The third-order valence-corrected chi connectivity index (χ3v) is 12.0. The van der Waals surface area contributed by atoms with Crippen LogP contribution in [0.2, 0.25) is 0 Å². The third kappa shape index (κ3) is 10.1. The van der Waals surface area contributed by atoms with Crippen LogP contribution in [0.15, 0.2) is 63.8 Å². The molecule has 4 aromatic rings. The van der Waals surface area contributed by atoms with Gasteiger partial charge in [-0.25, -0.2) is 4.79 Å². The Kier molecular flexibility index (Phi) is 15.3. The van der Waals surface area contributed by atoms with Crippen molar-refractivity contribution in [1.29, 1.82) is 0 Å². The smallest absolute Gasteiger partial charge is 0.331 e. The van der Waals surface area contributed by atoms with Crippen molar-refractivity contribution in [2.45, 2.75) is 99.2 Å². The van der Waals surface area contributed by atoms with Crippen LogP contribution in [-0.2, 0) is 28.5 Å². The van der Waals surface area contributed by atoms with Crippen LogP contribution in [0.25, 0.3) is 28.4 Å². The van der Waals surface area contributed by atoms with Crippen molar-refractivity contribution in [3.63, 3.8) is 0 Å². The summed E-state index contributed by atoms with van der Waals surface area (Å²) in [5.74, 6) is -4.68. The van der Waals surface area contributed by atoms with Gasteiger partial charge in [0, 0.05) is 36.3 Å². The monoisotopic (exact) mass is 960 g/mol. The number of aliphatic hydroxyl groups is 8. The van der Waals surface area contributed by atoms with Gasteiger partial charge in [0.2, 0.25) is 23.2 Å². The fraction of sp³-hybridized carbons (Fsp3) is 0.467. The number of carbonyl (C=O) groups excluding carboxylic acids is 1. The molecule has 3 fully saturated rings. The minimum Gasteiger partial charge on any atom is -0.508 e. The van der Waals surface area contributed by atoms with Gasteiger partial charge < -0.3 is 104 Å². The number of phenolic OH excluding ortho intramolecular Hbond substituents is 4. The van der Waals surface area contributed by atoms with Crippen molar-refractivity contribution in [2.75, 3.05) is 27.4 Å². The van der Waals surface area contributed by atoms with Gasteiger partial charge in [0.1, 0.15) is 77.0 Å². The Morgan fingerprint density at radius 2 is 1.41 bits per heavy atom. The number of rotatable bonds is 14. The highest BCUT2D eigenvalue weighted by molar-refractivity contribution is 5.89. The lowest BCUT2D eigenvalue weighted by Gasteiger charge is -2.46. The number of aromatic hydroxyl groups is 4. The first-order valence-electron chi connectivity index (χ1n) is 21.1. The number of benzene rings is 3. The van der Waals surface area contributed by atoms with E-state index >= 15 is 0 Å². The summed E-state index contributed by atoms with van der Waals surface area (Å²) in [4.78, 5) is 27.5. The van der Waals surface area contributed by atoms with Gasteiger partial charge in [-0.05, 0) is 61.4 Å². The molecule has 23 heteroatoms. The van der Waals surface area contributed by atoms with Crippen molar-refractivity contribution in [2.24, 2.45) is 5.92 Å². The maximum Gasteiger partial charge on any atom is 0.331 e. The fourth-order valence-electron chi connectivity index (χ4n) is 8.24. The second kappa shape index (κ2) is 20.8. The molecule has 2 aliphatic heterocycles. The highest BCUT2D eigenvalue weighted by Crippen LogP contribution is 2.40. The summed E-state index contributed by atoms with van der Waals surface area (Å²) in [5, 5.41) is 127. The molecular formula is C45H52O23. The third-order valence-electron chi connectivity index (χ3n) is 12.0. The molecule has 0 radical (unpaired) electrons. The van der Waals surface area contributed by atoms with Gasteiger partial charge in [-0.3, -0.25) is 4.79 Å². The zero-order chi connectivity index (χ0) is 49.3. The van der Waals surface area contributed by atoms with E-state index in [9.17, 15) is 70.9 Å². The number of fused-ring (bicyclic) bond motifs is 1. The Hall–Kier alpha value is -5.80. The maximum atomic E-state index is 14.1. The molecule has 2 saturated heterocycles. The first-order valence-corrected chi connectivity index (χ1v) is 21.1. The predicted octanol–water partition coefficient (Wildman–Crippen LogP) is -0.918. The molecule has 1 saturated carbocycles. The van der Waals surface area contributed by atoms with Gasteiger partial charge in [-0.1, -0.05) is 0 Å². The van der Waals surface area contributed by atoms with Crippen molar-refractivity contribution >= 4 is 23.0 Å². The molecule has 3 aromatic carbocycles. The largest absolute Gasteiger partial charge is 0.508 e. The first-order chi connectivity index (χ1) is 32.3. The van der Waals surface area contributed by atoms with Gasteiger partial charge in [-0.15, -0.1) is 0 Å². The molecule has 1 aromatic heterocycles. The van der Waals surface area contributed by atoms with E-state index in [2.05, 4.69) is 0 Å². The lowest BCUT2D eigenvalue weighted by Crippen LogP contribution is -2.63. The average Bonchev–Trinajstić information content (AvgIpc) is 3.31. The SMILES string of the molecule is COc1cc(/C=C/C(=O)O[C@@H]2[C@H](O)[C@@H](O)[C@H](Oc3c(-c4ccc(O)cc4)oc4cc(O)cc(O)c4c3=O)O[C@@H]2CO[C@@H]2O[C@@H](C)[C@H](O[C@@H]3C[C@H](CO)[C@@H](O)[C@H](O)[C@H]3O)[C@@H](O)[C@H]2O)cc(OC)c1O. The summed E-state index contributed by atoms with van der Waals surface area (Å²) in [6.45, 7) is 0.103. The van der Waals surface area contributed by atoms with Gasteiger partial charge in [-0.2, -0.15) is 0 Å². The summed E-state index contributed by atoms with van der Waals surface area (Å²) in [5.41, 5.74) is -0.922. The average molecular weight is 961 g/mol. The molecule has 0 unspecified atom stereocenters. The normalized spacial score (nSPS) is 32.0. The van der Waals surface area contributed by atoms with E-state index < -0.39 is 139 Å². The minimum absolute atomic E-state index is 0.00668. The lowest BCUT2D eigenvalue weighted by molar-refractivity contribution is -0.329. The second-order valence-corrected chi connectivity index (χ2v) is 16.4. The van der Waals surface area contributed by atoms with E-state index in [1.54, 1.807) is 0 Å². The van der Waals surface area contributed by atoms with Crippen LogP contribution < -0.4 is 19.6 Å². The number of esters is 1. The summed E-state index contributed by atoms with van der Waals surface area (Å²) in [6.07, 6.45) is -21.6. The molecule has 3 aliphatic rings. The fourth-order valence-corrected chi connectivity index (χ4v) is 8.24. The van der Waals surface area contributed by atoms with Gasteiger partial charge in [0.05, 0.1) is 39.1 Å². The van der Waals surface area contributed by atoms with Gasteiger partial charge >= 0.3 is 5.97 Å². The second-order valence-electron chi connectivity index (χ2n) is 16.4. The highest BCUT2D eigenvalue weighted by atomic mass is 16.7. The molecular weight excluding hydrogens is 908 g/mol. The highest BCUT2D eigenvalue weighted by Gasteiger charge is 2.52. The molecule has 12 N–H and O–H groups in total. The Bertz CT molecular complexity index is 2470. The van der Waals surface area contributed by atoms with Gasteiger partial charge in [0.25, 0.3) is 0 Å². The summed E-state index contributed by atoms with van der Waals surface area (Å²) in [6, 6.07) is 9.84. The topological polar surface area (TPSA) is 364 Å². The Labute approximate surface area is 385 Å². The van der Waals surface area contributed by atoms with E-state index in [1.807, 2.05) is 0 Å². The molecule has 7 rings (SSSR count). The molecule has 15 atom stereocenters. The molecule has 68 heavy (non-hydrogen) atoms. The molecule has 0 bridgehead atoms. The lowest BCUT2D eigenvalue weighted by atomic mass is 9.81. The molecule has 23 nitrogen and oxygen atoms in total. The number of aliphatic hydroxyl groups excluding tert-OH is 8. The Morgan fingerprint density at radius 1 is 0.765 bits per heavy atom. The van der Waals surface area contributed by atoms with Crippen LogP contribution in [0.4, 0.5) is 0 Å². The van der Waals surface area contributed by atoms with Crippen molar-refractivity contribution in [1.82, 2.24) is 0 Å². The summed E-state index contributed by atoms with van der Waals surface area (Å²) in [7, 11) is 2.59. The zero-order valence-electron chi connectivity index (χ0n) is 36.4. The van der Waals surface area contributed by atoms with Crippen LogP contribution in [0.5, 0.6) is 40.2 Å². The zero-order valence-corrected chi connectivity index (χ0v) is 36.4. The van der Waals surface area contributed by atoms with Crippen LogP contribution in [-0.4, -0.2) is 181 Å². The predicted molar refractivity (Wildman–Crippen MR) is 229 cm³/mol. The molecule has 3 heterocycles. The van der Waals surface area contributed by atoms with E-state index in [4.69, 9.17) is 42.3 Å². The van der Waals surface area contributed by atoms with Crippen LogP contribution in [0.3, 0.4) is 0 Å². The number of hydrogen-bond donors (Lipinski definition) is 12. The van der Waals surface area contributed by atoms with Crippen molar-refractivity contribution < 1.29 is 108 Å². The van der Waals surface area contributed by atoms with Crippen LogP contribution >= 0.6 is 0 Å². The Morgan fingerprint density at radius 3 is 2.06 bits per heavy atom. The minimum atomic E-state index is -2.13. The number of phenols is 4. The number of ether oxygens (including phenoxy) is 8. The molecule has 0 amide bonds. The molecule has 0 spiro atoms. The van der Waals surface area contributed by atoms with Crippen LogP contribution in [0.1, 0.15) is 18.9 Å². The first kappa shape index (κ1) is 50.1. The van der Waals surface area contributed by atoms with Gasteiger partial charge in [0.15, 0.2) is 29.7 Å². The van der Waals surface area contributed by atoms with Crippen molar-refractivity contribution in [3.8, 4) is 51.6 Å². The standard InChI is InChI=1S/C45H52O23/c1-17-40(65-27-12-20(15-46)31(51)35(55)33(27)53)36(56)38(58)44(63-17)62-16-28-42(67-29(50)9-4-18-10-25(60-2)32(52)26(11-18)61-3)37(57)39(59)45(66-28)68-43-34(54)30-23(49)13-22(48)14-24(30)64-41(43)19-5-7-21(47)8-6-19/h4-11,13-14,17,20,27-28,31,33,35-40,42,44-49,51-53,55-59H,12,15-16H2,1-3H3/b9-4+/t17-,20+,27+,28+,31+,33-,35-,36-,37+,38+,39+,40-,42-,44+,45-/m0/s1. The van der Waals surface area contributed by atoms with Crippen molar-refractivity contribution in [3.05, 3.63) is 70.4 Å².